The van der Waals surface area contributed by atoms with Crippen molar-refractivity contribution in [2.24, 2.45) is 29.4 Å². The van der Waals surface area contributed by atoms with Gasteiger partial charge in [0.2, 0.25) is 11.6 Å². The van der Waals surface area contributed by atoms with Crippen molar-refractivity contribution in [2.45, 2.75) is 101 Å². The number of hydrogen-bond donors (Lipinski definition) is 2. The van der Waals surface area contributed by atoms with E-state index >= 15 is 0 Å². The maximum Gasteiger partial charge on any atom is 0.210 e. The van der Waals surface area contributed by atoms with Gasteiger partial charge in [-0.05, 0) is 107 Å². The average Bonchev–Trinajstić information content (AvgIpc) is 3.19. The van der Waals surface area contributed by atoms with Gasteiger partial charge in [0.05, 0.1) is 6.61 Å². The van der Waals surface area contributed by atoms with Crippen molar-refractivity contribution >= 4 is 0 Å². The zero-order valence-electron chi connectivity index (χ0n) is 21.6. The van der Waals surface area contributed by atoms with E-state index in [0.717, 1.165) is 62.8 Å². The van der Waals surface area contributed by atoms with Gasteiger partial charge in [0.1, 0.15) is 5.75 Å². The quantitative estimate of drug-likeness (QED) is 0.387. The van der Waals surface area contributed by atoms with Crippen LogP contribution in [0.3, 0.4) is 0 Å². The van der Waals surface area contributed by atoms with E-state index in [1.807, 2.05) is 13.8 Å². The summed E-state index contributed by atoms with van der Waals surface area (Å²) in [6, 6.07) is 8.70. The first-order valence-corrected chi connectivity index (χ1v) is 14.1. The lowest BCUT2D eigenvalue weighted by Gasteiger charge is -2.57. The van der Waals surface area contributed by atoms with Gasteiger partial charge in [-0.15, -0.1) is 0 Å². The molecule has 1 heterocycles. The molecule has 2 spiro atoms. The van der Waals surface area contributed by atoms with Gasteiger partial charge in [0.25, 0.3) is 0 Å². The Bertz CT molecular complexity index is 844. The van der Waals surface area contributed by atoms with E-state index in [4.69, 9.17) is 25.0 Å². The zero-order chi connectivity index (χ0) is 24.1. The molecule has 1 saturated heterocycles. The van der Waals surface area contributed by atoms with Crippen LogP contribution in [-0.2, 0) is 14.5 Å². The molecule has 1 aromatic carbocycles. The van der Waals surface area contributed by atoms with Crippen molar-refractivity contribution in [3.8, 4) is 5.75 Å². The topological polar surface area (TPSA) is 75.0 Å². The number of benzene rings is 1. The van der Waals surface area contributed by atoms with Crippen molar-refractivity contribution < 1.29 is 19.2 Å². The molecule has 3 N–H and O–H groups in total. The smallest absolute Gasteiger partial charge is 0.210 e. The standard InChI is InChI=1S/C29H44N2O4/c1-27(2,30)19-31-12-3-13-32-26-6-4-22(5-7-26)23-8-10-28(11-9-23)33-29(35-34-28)24-15-20-14-21(17-24)18-25(29)16-20/h4-7,20-21,23-25,31H,3,8-19,30H2,1-2H3. The number of hydrogen-bond acceptors (Lipinski definition) is 6. The van der Waals surface area contributed by atoms with Gasteiger partial charge in [-0.25, -0.2) is 0 Å². The van der Waals surface area contributed by atoms with E-state index in [1.165, 1.54) is 37.7 Å². The van der Waals surface area contributed by atoms with Crippen LogP contribution in [0.4, 0.5) is 0 Å². The van der Waals surface area contributed by atoms with Crippen LogP contribution in [0.1, 0.15) is 89.5 Å². The predicted octanol–water partition coefficient (Wildman–Crippen LogP) is 5.27. The second kappa shape index (κ2) is 9.29. The van der Waals surface area contributed by atoms with Crippen molar-refractivity contribution in [1.29, 1.82) is 0 Å². The van der Waals surface area contributed by atoms with Crippen LogP contribution in [0.5, 0.6) is 5.75 Å². The van der Waals surface area contributed by atoms with Crippen LogP contribution >= 0.6 is 0 Å². The Morgan fingerprint density at radius 1 is 0.971 bits per heavy atom. The molecule has 0 radical (unpaired) electrons. The highest BCUT2D eigenvalue weighted by molar-refractivity contribution is 5.30. The number of nitrogens with one attached hydrogen (secondary N) is 1. The molecule has 5 saturated carbocycles. The van der Waals surface area contributed by atoms with Crippen LogP contribution in [0.25, 0.3) is 0 Å². The van der Waals surface area contributed by atoms with Gasteiger partial charge in [0.15, 0.2) is 0 Å². The maximum atomic E-state index is 6.87. The second-order valence-electron chi connectivity index (χ2n) is 12.9. The van der Waals surface area contributed by atoms with Gasteiger partial charge in [-0.1, -0.05) is 12.1 Å². The van der Waals surface area contributed by atoms with Crippen LogP contribution in [0.2, 0.25) is 0 Å². The van der Waals surface area contributed by atoms with E-state index < -0.39 is 11.6 Å². The van der Waals surface area contributed by atoms with Gasteiger partial charge in [-0.2, -0.15) is 9.78 Å². The molecule has 7 rings (SSSR count). The van der Waals surface area contributed by atoms with Crippen molar-refractivity contribution in [1.82, 2.24) is 5.32 Å². The van der Waals surface area contributed by atoms with Crippen LogP contribution < -0.4 is 15.8 Å². The van der Waals surface area contributed by atoms with E-state index in [2.05, 4.69) is 29.6 Å². The number of ether oxygens (including phenoxy) is 2. The van der Waals surface area contributed by atoms with Gasteiger partial charge >= 0.3 is 0 Å². The largest absolute Gasteiger partial charge is 0.494 e. The first-order chi connectivity index (χ1) is 16.8. The van der Waals surface area contributed by atoms with Crippen LogP contribution in [-0.4, -0.2) is 36.8 Å². The normalized spacial score (nSPS) is 40.1. The molecule has 6 aliphatic rings. The fourth-order valence-corrected chi connectivity index (χ4v) is 7.82. The fourth-order valence-electron chi connectivity index (χ4n) is 7.82. The molecule has 0 unspecified atom stereocenters. The molecule has 6 fully saturated rings. The monoisotopic (exact) mass is 484 g/mol. The van der Waals surface area contributed by atoms with Crippen molar-refractivity contribution in [3.05, 3.63) is 29.8 Å². The highest BCUT2D eigenvalue weighted by Crippen LogP contribution is 2.64. The number of rotatable bonds is 8. The fraction of sp³-hybridized carbons (Fsp3) is 0.793. The molecular weight excluding hydrogens is 440 g/mol. The Hall–Kier alpha value is -1.18. The molecule has 5 aliphatic carbocycles. The Morgan fingerprint density at radius 2 is 1.63 bits per heavy atom. The minimum absolute atomic E-state index is 0.172. The lowest BCUT2D eigenvalue weighted by molar-refractivity contribution is -0.390. The summed E-state index contributed by atoms with van der Waals surface area (Å²) < 4.78 is 12.8. The third-order valence-corrected chi connectivity index (χ3v) is 9.39. The summed E-state index contributed by atoms with van der Waals surface area (Å²) in [5.74, 6) is 3.38. The van der Waals surface area contributed by atoms with E-state index in [-0.39, 0.29) is 5.54 Å². The van der Waals surface area contributed by atoms with Crippen LogP contribution in [0.15, 0.2) is 24.3 Å². The summed E-state index contributed by atoms with van der Waals surface area (Å²) in [6.45, 7) is 6.51. The lowest BCUT2D eigenvalue weighted by atomic mass is 9.53. The zero-order valence-corrected chi connectivity index (χ0v) is 21.6. The van der Waals surface area contributed by atoms with E-state index in [1.54, 1.807) is 0 Å². The highest BCUT2D eigenvalue weighted by Gasteiger charge is 2.66. The predicted molar refractivity (Wildman–Crippen MR) is 135 cm³/mol. The summed E-state index contributed by atoms with van der Waals surface area (Å²) in [5.41, 5.74) is 7.21. The minimum atomic E-state index is -0.526. The summed E-state index contributed by atoms with van der Waals surface area (Å²) >= 11 is 0. The molecule has 35 heavy (non-hydrogen) atoms. The Balaban J connectivity index is 0.973. The molecule has 0 aromatic heterocycles. The molecule has 0 atom stereocenters. The third kappa shape index (κ3) is 4.89. The van der Waals surface area contributed by atoms with Crippen LogP contribution in [0, 0.1) is 23.7 Å². The highest BCUT2D eigenvalue weighted by atomic mass is 17.3. The third-order valence-electron chi connectivity index (χ3n) is 9.39. The minimum Gasteiger partial charge on any atom is -0.494 e. The van der Waals surface area contributed by atoms with E-state index in [0.29, 0.717) is 24.4 Å². The van der Waals surface area contributed by atoms with Gasteiger partial charge in [-0.3, -0.25) is 0 Å². The number of nitrogens with two attached hydrogens (primary N) is 1. The SMILES string of the molecule is CC(C)(N)CNCCCOc1ccc(C2CCC3(CC2)OOC2(O3)C3CC4CC(C3)CC2C4)cc1. The molecule has 4 bridgehead atoms. The Morgan fingerprint density at radius 3 is 2.26 bits per heavy atom. The first kappa shape index (κ1) is 24.2. The molecule has 0 amide bonds. The summed E-state index contributed by atoms with van der Waals surface area (Å²) in [7, 11) is 0. The summed E-state index contributed by atoms with van der Waals surface area (Å²) in [4.78, 5) is 12.3. The van der Waals surface area contributed by atoms with Crippen molar-refractivity contribution in [3.63, 3.8) is 0 Å². The molecule has 6 heteroatoms. The van der Waals surface area contributed by atoms with Gasteiger partial charge < -0.3 is 20.5 Å². The maximum absolute atomic E-state index is 6.87. The summed E-state index contributed by atoms with van der Waals surface area (Å²) in [5, 5.41) is 3.38. The molecule has 1 aliphatic heterocycles. The molecule has 1 aromatic rings. The first-order valence-electron chi connectivity index (χ1n) is 14.1. The van der Waals surface area contributed by atoms with Gasteiger partial charge in [0, 0.05) is 36.8 Å². The molecular formula is C29H44N2O4. The molecule has 194 valence electrons. The molecule has 6 nitrogen and oxygen atoms in total. The lowest BCUT2D eigenvalue weighted by Crippen LogP contribution is -2.59. The average molecular weight is 485 g/mol. The second-order valence-corrected chi connectivity index (χ2v) is 12.9. The Labute approximate surface area is 210 Å². The Kier molecular flexibility index (Phi) is 6.41. The van der Waals surface area contributed by atoms with E-state index in [9.17, 15) is 0 Å². The van der Waals surface area contributed by atoms with Crippen molar-refractivity contribution in [2.75, 3.05) is 19.7 Å². The summed E-state index contributed by atoms with van der Waals surface area (Å²) in [6.07, 6.45) is 11.5.